The summed E-state index contributed by atoms with van der Waals surface area (Å²) >= 11 is 0. The van der Waals surface area contributed by atoms with Crippen molar-refractivity contribution in [2.45, 2.75) is 13.5 Å². The number of amides is 1. The minimum Gasteiger partial charge on any atom is -0.348 e. The van der Waals surface area contributed by atoms with E-state index in [2.05, 4.69) is 10.3 Å². The van der Waals surface area contributed by atoms with Crippen molar-refractivity contribution in [3.05, 3.63) is 108 Å². The molecule has 0 aliphatic heterocycles. The Morgan fingerprint density at radius 1 is 1.03 bits per heavy atom. The van der Waals surface area contributed by atoms with Crippen LogP contribution >= 0.6 is 0 Å². The first-order valence-corrected chi connectivity index (χ1v) is 9.34. The smallest absolute Gasteiger partial charge is 0.253 e. The molecule has 0 saturated carbocycles. The van der Waals surface area contributed by atoms with E-state index in [-0.39, 0.29) is 11.7 Å². The Hall–Kier alpha value is -3.73. The molecule has 4 nitrogen and oxygen atoms in total. The Morgan fingerprint density at radius 3 is 2.48 bits per heavy atom. The normalized spacial score (nSPS) is 10.7. The van der Waals surface area contributed by atoms with Crippen LogP contribution in [0.1, 0.15) is 21.6 Å². The SMILES string of the molecule is Cc1c(C(=O)NCc2cccnc2)cc(-c2ccccc2)n1-c1ccc(F)cc1. The largest absolute Gasteiger partial charge is 0.348 e. The highest BCUT2D eigenvalue weighted by Crippen LogP contribution is 2.29. The maximum Gasteiger partial charge on any atom is 0.253 e. The van der Waals surface area contributed by atoms with Crippen LogP contribution < -0.4 is 5.32 Å². The van der Waals surface area contributed by atoms with Gasteiger partial charge in [0.05, 0.1) is 11.3 Å². The molecule has 0 saturated heterocycles. The van der Waals surface area contributed by atoms with Crippen LogP contribution in [0.5, 0.6) is 0 Å². The maximum atomic E-state index is 13.4. The second-order valence-electron chi connectivity index (χ2n) is 6.75. The second-order valence-corrected chi connectivity index (χ2v) is 6.75. The predicted octanol–water partition coefficient (Wildman–Crippen LogP) is 4.92. The molecular weight excluding hydrogens is 365 g/mol. The summed E-state index contributed by atoms with van der Waals surface area (Å²) in [5, 5.41) is 2.96. The lowest BCUT2D eigenvalue weighted by Crippen LogP contribution is -2.23. The number of hydrogen-bond donors (Lipinski definition) is 1. The Morgan fingerprint density at radius 2 is 1.79 bits per heavy atom. The third-order valence-corrected chi connectivity index (χ3v) is 4.82. The van der Waals surface area contributed by atoms with E-state index < -0.39 is 0 Å². The molecule has 2 heterocycles. The molecule has 0 aliphatic carbocycles. The van der Waals surface area contributed by atoms with Gasteiger partial charge in [-0.05, 0) is 54.4 Å². The van der Waals surface area contributed by atoms with Gasteiger partial charge in [0, 0.05) is 30.3 Å². The highest BCUT2D eigenvalue weighted by Gasteiger charge is 2.19. The van der Waals surface area contributed by atoms with Crippen LogP contribution in [0.3, 0.4) is 0 Å². The van der Waals surface area contributed by atoms with Gasteiger partial charge in [0.2, 0.25) is 0 Å². The van der Waals surface area contributed by atoms with Crippen molar-refractivity contribution in [3.63, 3.8) is 0 Å². The lowest BCUT2D eigenvalue weighted by Gasteiger charge is -2.12. The number of hydrogen-bond acceptors (Lipinski definition) is 2. The van der Waals surface area contributed by atoms with Gasteiger partial charge in [-0.2, -0.15) is 0 Å². The van der Waals surface area contributed by atoms with E-state index in [1.165, 1.54) is 12.1 Å². The number of benzene rings is 2. The average Bonchev–Trinajstić information content (AvgIpc) is 3.11. The number of carbonyl (C=O) groups is 1. The number of halogens is 1. The van der Waals surface area contributed by atoms with E-state index >= 15 is 0 Å². The number of aromatic nitrogens is 2. The second kappa shape index (κ2) is 8.10. The van der Waals surface area contributed by atoms with E-state index in [0.29, 0.717) is 12.1 Å². The Kier molecular flexibility index (Phi) is 5.20. The van der Waals surface area contributed by atoms with E-state index in [1.54, 1.807) is 24.5 Å². The highest BCUT2D eigenvalue weighted by atomic mass is 19.1. The molecule has 0 unspecified atom stereocenters. The molecule has 5 heteroatoms. The molecule has 1 N–H and O–H groups in total. The van der Waals surface area contributed by atoms with Crippen molar-refractivity contribution in [1.82, 2.24) is 14.9 Å². The quantitative estimate of drug-likeness (QED) is 0.530. The summed E-state index contributed by atoms with van der Waals surface area (Å²) in [6, 6.07) is 21.7. The summed E-state index contributed by atoms with van der Waals surface area (Å²) in [5.41, 5.74) is 4.96. The van der Waals surface area contributed by atoms with Crippen LogP contribution in [0.15, 0.2) is 85.2 Å². The van der Waals surface area contributed by atoms with Crippen molar-refractivity contribution < 1.29 is 9.18 Å². The van der Waals surface area contributed by atoms with Gasteiger partial charge in [0.1, 0.15) is 5.82 Å². The monoisotopic (exact) mass is 385 g/mol. The lowest BCUT2D eigenvalue weighted by atomic mass is 10.1. The zero-order valence-electron chi connectivity index (χ0n) is 16.0. The van der Waals surface area contributed by atoms with Gasteiger partial charge in [-0.15, -0.1) is 0 Å². The zero-order chi connectivity index (χ0) is 20.2. The van der Waals surface area contributed by atoms with Gasteiger partial charge in [-0.25, -0.2) is 4.39 Å². The predicted molar refractivity (Wildman–Crippen MR) is 111 cm³/mol. The molecular formula is C24H20FN3O. The van der Waals surface area contributed by atoms with E-state index in [0.717, 1.165) is 28.2 Å². The van der Waals surface area contributed by atoms with Crippen molar-refractivity contribution >= 4 is 5.91 Å². The van der Waals surface area contributed by atoms with Gasteiger partial charge in [-0.3, -0.25) is 9.78 Å². The Bertz CT molecular complexity index is 1120. The van der Waals surface area contributed by atoms with Gasteiger partial charge in [0.15, 0.2) is 0 Å². The van der Waals surface area contributed by atoms with Crippen LogP contribution in [0.25, 0.3) is 16.9 Å². The summed E-state index contributed by atoms with van der Waals surface area (Å²) in [7, 11) is 0. The van der Waals surface area contributed by atoms with E-state index in [4.69, 9.17) is 0 Å². The fourth-order valence-electron chi connectivity index (χ4n) is 3.36. The first-order valence-electron chi connectivity index (χ1n) is 9.34. The molecule has 29 heavy (non-hydrogen) atoms. The Balaban J connectivity index is 1.73. The van der Waals surface area contributed by atoms with Crippen molar-refractivity contribution in [1.29, 1.82) is 0 Å². The molecule has 4 aromatic rings. The van der Waals surface area contributed by atoms with Gasteiger partial charge in [0.25, 0.3) is 5.91 Å². The third-order valence-electron chi connectivity index (χ3n) is 4.82. The van der Waals surface area contributed by atoms with Crippen LogP contribution in [0.2, 0.25) is 0 Å². The van der Waals surface area contributed by atoms with Crippen LogP contribution in [-0.2, 0) is 6.54 Å². The van der Waals surface area contributed by atoms with Crippen LogP contribution in [-0.4, -0.2) is 15.5 Å². The summed E-state index contributed by atoms with van der Waals surface area (Å²) in [6.45, 7) is 2.29. The number of nitrogens with one attached hydrogen (secondary N) is 1. The molecule has 0 bridgehead atoms. The third kappa shape index (κ3) is 3.94. The molecule has 2 aromatic carbocycles. The highest BCUT2D eigenvalue weighted by molar-refractivity contribution is 5.97. The topological polar surface area (TPSA) is 46.9 Å². The van der Waals surface area contributed by atoms with Gasteiger partial charge in [-0.1, -0.05) is 36.4 Å². The van der Waals surface area contributed by atoms with Crippen molar-refractivity contribution in [3.8, 4) is 16.9 Å². The minimum absolute atomic E-state index is 0.163. The number of pyridine rings is 1. The minimum atomic E-state index is -0.297. The number of nitrogens with zero attached hydrogens (tertiary/aromatic N) is 2. The molecule has 0 radical (unpaired) electrons. The maximum absolute atomic E-state index is 13.4. The fraction of sp³-hybridized carbons (Fsp3) is 0.0833. The van der Waals surface area contributed by atoms with Gasteiger partial charge >= 0.3 is 0 Å². The summed E-state index contributed by atoms with van der Waals surface area (Å²) in [6.07, 6.45) is 3.43. The lowest BCUT2D eigenvalue weighted by molar-refractivity contribution is 0.0950. The van der Waals surface area contributed by atoms with E-state index in [9.17, 15) is 9.18 Å². The molecule has 0 aliphatic rings. The molecule has 0 fully saturated rings. The van der Waals surface area contributed by atoms with E-state index in [1.807, 2.05) is 60.0 Å². The fourth-order valence-corrected chi connectivity index (χ4v) is 3.36. The molecule has 1 amide bonds. The molecule has 0 atom stereocenters. The first-order chi connectivity index (χ1) is 14.1. The molecule has 0 spiro atoms. The zero-order valence-corrected chi connectivity index (χ0v) is 16.0. The number of carbonyl (C=O) groups excluding carboxylic acids is 1. The Labute approximate surface area is 168 Å². The molecule has 2 aromatic heterocycles. The van der Waals surface area contributed by atoms with Crippen LogP contribution in [0.4, 0.5) is 4.39 Å². The summed E-state index contributed by atoms with van der Waals surface area (Å²) in [5.74, 6) is -0.460. The average molecular weight is 385 g/mol. The summed E-state index contributed by atoms with van der Waals surface area (Å²) in [4.78, 5) is 17.0. The number of rotatable bonds is 5. The molecule has 4 rings (SSSR count). The first kappa shape index (κ1) is 18.6. The van der Waals surface area contributed by atoms with Crippen molar-refractivity contribution in [2.75, 3.05) is 0 Å². The van der Waals surface area contributed by atoms with Gasteiger partial charge < -0.3 is 9.88 Å². The standard InChI is InChI=1S/C24H20FN3O/c1-17-22(24(29)27-16-18-6-5-13-26-15-18)14-23(19-7-3-2-4-8-19)28(17)21-11-9-20(25)10-12-21/h2-15H,16H2,1H3,(H,27,29). The van der Waals surface area contributed by atoms with Crippen LogP contribution in [0, 0.1) is 12.7 Å². The summed E-state index contributed by atoms with van der Waals surface area (Å²) < 4.78 is 15.4. The van der Waals surface area contributed by atoms with Crippen molar-refractivity contribution in [2.24, 2.45) is 0 Å². The molecule has 144 valence electrons.